The molecule has 0 atom stereocenters. The zero-order valence-electron chi connectivity index (χ0n) is 11.5. The zero-order chi connectivity index (χ0) is 15.1. The number of unbranched alkanes of at least 4 members (excludes halogenated alkanes) is 2. The first-order valence-electron chi connectivity index (χ1n) is 6.41. The number of pyridine rings is 1. The lowest BCUT2D eigenvalue weighted by Gasteiger charge is -2.04. The van der Waals surface area contributed by atoms with Gasteiger partial charge in [-0.2, -0.15) is 0 Å². The van der Waals surface area contributed by atoms with E-state index in [1.807, 2.05) is 6.92 Å². The summed E-state index contributed by atoms with van der Waals surface area (Å²) in [7, 11) is 0. The van der Waals surface area contributed by atoms with Gasteiger partial charge in [0.1, 0.15) is 0 Å². The second-order valence-corrected chi connectivity index (χ2v) is 4.46. The van der Waals surface area contributed by atoms with Gasteiger partial charge in [0.05, 0.1) is 5.56 Å². The fraction of sp³-hybridized carbons (Fsp3) is 0.462. The highest BCUT2D eigenvalue weighted by Gasteiger charge is 2.17. The normalized spacial score (nSPS) is 10.1. The standard InChI is InChI=1S/C13H17N3O4/c1-3-4-5-6-11(17)15-13(18)10-7-9(2)12(14-8-10)16(19)20/h7-8H,3-6H2,1-2H3,(H,15,17,18). The Morgan fingerprint density at radius 2 is 2.10 bits per heavy atom. The van der Waals surface area contributed by atoms with Crippen LogP contribution in [-0.4, -0.2) is 21.7 Å². The molecule has 0 spiro atoms. The lowest BCUT2D eigenvalue weighted by Crippen LogP contribution is -2.30. The third kappa shape index (κ3) is 4.42. The minimum Gasteiger partial charge on any atom is -0.358 e. The number of amides is 2. The summed E-state index contributed by atoms with van der Waals surface area (Å²) in [4.78, 5) is 36.9. The van der Waals surface area contributed by atoms with E-state index in [1.54, 1.807) is 0 Å². The molecule has 1 aromatic rings. The summed E-state index contributed by atoms with van der Waals surface area (Å²) in [5.41, 5.74) is 0.415. The number of nitro groups is 1. The van der Waals surface area contributed by atoms with E-state index in [2.05, 4.69) is 10.3 Å². The van der Waals surface area contributed by atoms with Gasteiger partial charge in [-0.25, -0.2) is 0 Å². The number of hydrogen-bond donors (Lipinski definition) is 1. The molecule has 7 nitrogen and oxygen atoms in total. The van der Waals surface area contributed by atoms with E-state index in [4.69, 9.17) is 0 Å². The van der Waals surface area contributed by atoms with E-state index in [1.165, 1.54) is 13.0 Å². The molecule has 0 saturated heterocycles. The summed E-state index contributed by atoms with van der Waals surface area (Å²) in [6.45, 7) is 3.51. The monoisotopic (exact) mass is 279 g/mol. The summed E-state index contributed by atoms with van der Waals surface area (Å²) in [6, 6.07) is 1.35. The van der Waals surface area contributed by atoms with Gasteiger partial charge in [0.15, 0.2) is 6.20 Å². The maximum absolute atomic E-state index is 11.8. The minimum absolute atomic E-state index is 0.136. The molecule has 1 N–H and O–H groups in total. The highest BCUT2D eigenvalue weighted by molar-refractivity contribution is 6.04. The first kappa shape index (κ1) is 15.7. The van der Waals surface area contributed by atoms with Gasteiger partial charge in [0, 0.05) is 12.0 Å². The van der Waals surface area contributed by atoms with Crippen LogP contribution in [0.4, 0.5) is 5.82 Å². The molecule has 0 aliphatic rings. The second kappa shape index (κ2) is 7.32. The average molecular weight is 279 g/mol. The van der Waals surface area contributed by atoms with E-state index in [9.17, 15) is 19.7 Å². The molecule has 20 heavy (non-hydrogen) atoms. The van der Waals surface area contributed by atoms with Crippen molar-refractivity contribution in [2.24, 2.45) is 0 Å². The molecule has 0 aliphatic heterocycles. The number of carbonyl (C=O) groups is 2. The molecule has 0 aliphatic carbocycles. The molecular formula is C13H17N3O4. The number of hydrogen-bond acceptors (Lipinski definition) is 5. The Morgan fingerprint density at radius 1 is 1.40 bits per heavy atom. The molecule has 0 unspecified atom stereocenters. The van der Waals surface area contributed by atoms with Crippen LogP contribution in [-0.2, 0) is 4.79 Å². The van der Waals surface area contributed by atoms with Crippen molar-refractivity contribution >= 4 is 17.6 Å². The average Bonchev–Trinajstić information content (AvgIpc) is 2.38. The second-order valence-electron chi connectivity index (χ2n) is 4.46. The van der Waals surface area contributed by atoms with Crippen LogP contribution in [0.15, 0.2) is 12.3 Å². The first-order valence-corrected chi connectivity index (χ1v) is 6.41. The number of imide groups is 1. The zero-order valence-corrected chi connectivity index (χ0v) is 11.5. The van der Waals surface area contributed by atoms with E-state index in [-0.39, 0.29) is 22.9 Å². The number of rotatable bonds is 6. The third-order valence-corrected chi connectivity index (χ3v) is 2.75. The van der Waals surface area contributed by atoms with Crippen molar-refractivity contribution in [2.45, 2.75) is 39.5 Å². The molecule has 0 fully saturated rings. The molecule has 0 saturated carbocycles. The van der Waals surface area contributed by atoms with Crippen LogP contribution in [0.3, 0.4) is 0 Å². The number of carbonyl (C=O) groups excluding carboxylic acids is 2. The molecular weight excluding hydrogens is 262 g/mol. The van der Waals surface area contributed by atoms with Crippen molar-refractivity contribution < 1.29 is 14.5 Å². The number of aromatic nitrogens is 1. The van der Waals surface area contributed by atoms with E-state index in [0.29, 0.717) is 6.42 Å². The molecule has 2 amide bonds. The van der Waals surface area contributed by atoms with Gasteiger partial charge in [-0.3, -0.25) is 14.9 Å². The Hall–Kier alpha value is -2.31. The lowest BCUT2D eigenvalue weighted by atomic mass is 10.1. The van der Waals surface area contributed by atoms with Crippen LogP contribution < -0.4 is 5.32 Å². The molecule has 1 rings (SSSR count). The van der Waals surface area contributed by atoms with Crippen LogP contribution in [0.1, 0.15) is 48.5 Å². The predicted octanol–water partition coefficient (Wildman–Crippen LogP) is 2.13. The Balaban J connectivity index is 2.66. The van der Waals surface area contributed by atoms with E-state index in [0.717, 1.165) is 25.5 Å². The summed E-state index contributed by atoms with van der Waals surface area (Å²) >= 11 is 0. The fourth-order valence-corrected chi connectivity index (χ4v) is 1.68. The van der Waals surface area contributed by atoms with Gasteiger partial charge >= 0.3 is 5.82 Å². The maximum Gasteiger partial charge on any atom is 0.366 e. The molecule has 1 aromatic heterocycles. The van der Waals surface area contributed by atoms with Crippen molar-refractivity contribution in [1.82, 2.24) is 10.3 Å². The van der Waals surface area contributed by atoms with Crippen LogP contribution in [0.25, 0.3) is 0 Å². The Bertz CT molecular complexity index is 528. The molecule has 0 bridgehead atoms. The van der Waals surface area contributed by atoms with Crippen molar-refractivity contribution in [3.63, 3.8) is 0 Å². The van der Waals surface area contributed by atoms with Crippen molar-refractivity contribution in [1.29, 1.82) is 0 Å². The van der Waals surface area contributed by atoms with Crippen LogP contribution in [0, 0.1) is 17.0 Å². The van der Waals surface area contributed by atoms with Gasteiger partial charge < -0.3 is 10.1 Å². The molecule has 0 aromatic carbocycles. The van der Waals surface area contributed by atoms with Gasteiger partial charge in [0.25, 0.3) is 5.91 Å². The van der Waals surface area contributed by atoms with Crippen LogP contribution in [0.2, 0.25) is 0 Å². The predicted molar refractivity (Wildman–Crippen MR) is 72.2 cm³/mol. The molecule has 0 radical (unpaired) electrons. The van der Waals surface area contributed by atoms with Crippen molar-refractivity contribution in [3.8, 4) is 0 Å². The van der Waals surface area contributed by atoms with Gasteiger partial charge in [-0.1, -0.05) is 19.8 Å². The summed E-state index contributed by atoms with van der Waals surface area (Å²) in [5, 5.41) is 12.9. The fourth-order valence-electron chi connectivity index (χ4n) is 1.68. The lowest BCUT2D eigenvalue weighted by molar-refractivity contribution is -0.390. The number of nitrogens with one attached hydrogen (secondary N) is 1. The number of nitrogens with zero attached hydrogens (tertiary/aromatic N) is 2. The highest BCUT2D eigenvalue weighted by atomic mass is 16.6. The Morgan fingerprint density at radius 3 is 2.65 bits per heavy atom. The van der Waals surface area contributed by atoms with Crippen LogP contribution in [0.5, 0.6) is 0 Å². The minimum atomic E-state index is -0.618. The Labute approximate surface area is 116 Å². The van der Waals surface area contributed by atoms with Crippen LogP contribution >= 0.6 is 0 Å². The quantitative estimate of drug-likeness (QED) is 0.488. The summed E-state index contributed by atoms with van der Waals surface area (Å²) in [5.74, 6) is -1.23. The number of aryl methyl sites for hydroxylation is 1. The van der Waals surface area contributed by atoms with Gasteiger partial charge in [-0.15, -0.1) is 0 Å². The van der Waals surface area contributed by atoms with Gasteiger partial charge in [0.2, 0.25) is 5.91 Å². The molecule has 108 valence electrons. The molecule has 7 heteroatoms. The van der Waals surface area contributed by atoms with Crippen molar-refractivity contribution in [2.75, 3.05) is 0 Å². The topological polar surface area (TPSA) is 102 Å². The third-order valence-electron chi connectivity index (χ3n) is 2.75. The van der Waals surface area contributed by atoms with E-state index >= 15 is 0 Å². The van der Waals surface area contributed by atoms with E-state index < -0.39 is 10.8 Å². The largest absolute Gasteiger partial charge is 0.366 e. The van der Waals surface area contributed by atoms with Gasteiger partial charge in [-0.05, 0) is 29.3 Å². The highest BCUT2D eigenvalue weighted by Crippen LogP contribution is 2.14. The molecule has 1 heterocycles. The SMILES string of the molecule is CCCCCC(=O)NC(=O)c1cnc([N+](=O)[O-])c(C)c1. The first-order chi connectivity index (χ1) is 9.45. The van der Waals surface area contributed by atoms with Crippen molar-refractivity contribution in [3.05, 3.63) is 33.5 Å². The Kier molecular flexibility index (Phi) is 5.76. The summed E-state index contributed by atoms with van der Waals surface area (Å²) in [6.07, 6.45) is 4.04. The summed E-state index contributed by atoms with van der Waals surface area (Å²) < 4.78 is 0. The maximum atomic E-state index is 11.8. The smallest absolute Gasteiger partial charge is 0.358 e.